The number of hydrogen-bond acceptors (Lipinski definition) is 0. The van der Waals surface area contributed by atoms with Crippen molar-refractivity contribution in [1.29, 1.82) is 0 Å². The molecule has 2 aliphatic rings. The van der Waals surface area contributed by atoms with Crippen molar-refractivity contribution in [2.45, 2.75) is 26.2 Å². The molecule has 3 heteroatoms. The third-order valence-electron chi connectivity index (χ3n) is 11.5. The largest absolute Gasteiger partial charge is 0.375 e. The number of rotatable bonds is 0. The fraction of sp³-hybridized carbons (Fsp3) is 0.0909. The Morgan fingerprint density at radius 1 is 0.532 bits per heavy atom. The molecule has 10 aromatic rings. The third kappa shape index (κ3) is 2.72. The molecule has 8 aromatic carbocycles. The number of para-hydroxylation sites is 4. The summed E-state index contributed by atoms with van der Waals surface area (Å²) in [4.78, 5) is 0. The first-order valence-electron chi connectivity index (χ1n) is 16.8. The molecule has 0 N–H and O–H groups in total. The number of benzene rings is 8. The van der Waals surface area contributed by atoms with Gasteiger partial charge in [0.1, 0.15) is 0 Å². The lowest BCUT2D eigenvalue weighted by atomic mass is 9.45. The lowest BCUT2D eigenvalue weighted by Gasteiger charge is -2.36. The van der Waals surface area contributed by atoms with E-state index in [1.165, 1.54) is 109 Å². The molecular formula is C44H29BN2. The fourth-order valence-electron chi connectivity index (χ4n) is 9.66. The van der Waals surface area contributed by atoms with Gasteiger partial charge in [-0.05, 0) is 61.1 Å². The van der Waals surface area contributed by atoms with Crippen LogP contribution >= 0.6 is 0 Å². The molecular weight excluding hydrogens is 567 g/mol. The maximum Gasteiger partial charge on any atom is 0.333 e. The highest BCUT2D eigenvalue weighted by atomic mass is 15.0. The maximum absolute atomic E-state index is 2.68. The monoisotopic (exact) mass is 596 g/mol. The molecule has 0 amide bonds. The predicted octanol–water partition coefficient (Wildman–Crippen LogP) is 10.0. The molecule has 2 aromatic heterocycles. The summed E-state index contributed by atoms with van der Waals surface area (Å²) in [5.41, 5.74) is 13.6. The zero-order valence-electron chi connectivity index (χ0n) is 26.5. The zero-order valence-corrected chi connectivity index (χ0v) is 26.5. The van der Waals surface area contributed by atoms with Crippen LogP contribution in [0.2, 0.25) is 0 Å². The topological polar surface area (TPSA) is 9.86 Å². The minimum absolute atomic E-state index is 0.0622. The summed E-state index contributed by atoms with van der Waals surface area (Å²) in [7, 11) is 0. The van der Waals surface area contributed by atoms with Gasteiger partial charge in [-0.15, -0.1) is 0 Å². The van der Waals surface area contributed by atoms with Crippen molar-refractivity contribution < 1.29 is 0 Å². The van der Waals surface area contributed by atoms with Crippen LogP contribution in [0.5, 0.6) is 0 Å². The van der Waals surface area contributed by atoms with Crippen LogP contribution in [0.3, 0.4) is 0 Å². The van der Waals surface area contributed by atoms with E-state index in [0.29, 0.717) is 0 Å². The van der Waals surface area contributed by atoms with Gasteiger partial charge in [-0.1, -0.05) is 130 Å². The highest BCUT2D eigenvalue weighted by Gasteiger charge is 2.43. The van der Waals surface area contributed by atoms with Crippen molar-refractivity contribution in [2.24, 2.45) is 0 Å². The van der Waals surface area contributed by atoms with Crippen molar-refractivity contribution in [2.75, 3.05) is 0 Å². The van der Waals surface area contributed by atoms with Crippen LogP contribution in [-0.2, 0) is 5.41 Å². The van der Waals surface area contributed by atoms with Gasteiger partial charge >= 0.3 is 6.85 Å². The van der Waals surface area contributed by atoms with E-state index in [0.717, 1.165) is 0 Å². The molecule has 0 unspecified atom stereocenters. The molecule has 2 aliphatic heterocycles. The molecule has 2 nitrogen and oxygen atoms in total. The Hall–Kier alpha value is -5.54. The lowest BCUT2D eigenvalue weighted by molar-refractivity contribution is 0.591. The Labute approximate surface area is 271 Å². The molecule has 0 spiro atoms. The van der Waals surface area contributed by atoms with Crippen LogP contribution in [0, 0.1) is 0 Å². The van der Waals surface area contributed by atoms with Gasteiger partial charge < -0.3 is 9.05 Å². The van der Waals surface area contributed by atoms with Crippen molar-refractivity contribution in [3.63, 3.8) is 0 Å². The summed E-state index contributed by atoms with van der Waals surface area (Å²) in [6, 6.07) is 46.5. The summed E-state index contributed by atoms with van der Waals surface area (Å²) >= 11 is 0. The van der Waals surface area contributed by atoms with Gasteiger partial charge in [-0.2, -0.15) is 0 Å². The number of hydrogen-bond donors (Lipinski definition) is 0. The van der Waals surface area contributed by atoms with E-state index in [-0.39, 0.29) is 12.3 Å². The summed E-state index contributed by atoms with van der Waals surface area (Å²) in [5.74, 6) is 0. The predicted molar refractivity (Wildman–Crippen MR) is 202 cm³/mol. The van der Waals surface area contributed by atoms with Crippen molar-refractivity contribution in [3.05, 3.63) is 127 Å². The second-order valence-electron chi connectivity index (χ2n) is 14.9. The molecule has 0 saturated heterocycles. The number of fused-ring (bicyclic) bond motifs is 12. The van der Waals surface area contributed by atoms with E-state index >= 15 is 0 Å². The Morgan fingerprint density at radius 3 is 1.94 bits per heavy atom. The van der Waals surface area contributed by atoms with E-state index in [9.17, 15) is 0 Å². The van der Waals surface area contributed by atoms with Gasteiger partial charge in [-0.25, -0.2) is 0 Å². The summed E-state index contributed by atoms with van der Waals surface area (Å²) in [5, 5.41) is 13.4. The van der Waals surface area contributed by atoms with E-state index < -0.39 is 0 Å². The van der Waals surface area contributed by atoms with Gasteiger partial charge in [-0.3, -0.25) is 0 Å². The first-order valence-corrected chi connectivity index (χ1v) is 16.8. The average Bonchev–Trinajstić information content (AvgIpc) is 3.61. The van der Waals surface area contributed by atoms with E-state index in [1.807, 2.05) is 0 Å². The second-order valence-corrected chi connectivity index (χ2v) is 14.9. The zero-order chi connectivity index (χ0) is 30.9. The fourth-order valence-corrected chi connectivity index (χ4v) is 9.66. The van der Waals surface area contributed by atoms with E-state index in [4.69, 9.17) is 0 Å². The SMILES string of the molecule is CC(C)(C)c1cc2ccc3c4c5c(c6ccc(c1)c2c36)-n1c2ccccc2c2cccc(c21)B5n1c2ccccc2c2cccc-4c21. The summed E-state index contributed by atoms with van der Waals surface area (Å²) < 4.78 is 5.30. The Kier molecular flexibility index (Phi) is 4.13. The van der Waals surface area contributed by atoms with Crippen LogP contribution in [0.25, 0.3) is 92.7 Å². The van der Waals surface area contributed by atoms with Crippen LogP contribution in [0.15, 0.2) is 121 Å². The summed E-state index contributed by atoms with van der Waals surface area (Å²) in [6.07, 6.45) is 0. The van der Waals surface area contributed by atoms with Crippen LogP contribution < -0.4 is 10.9 Å². The minimum Gasteiger partial charge on any atom is -0.375 e. The molecule has 47 heavy (non-hydrogen) atoms. The number of aromatic nitrogens is 2. The Bertz CT molecular complexity index is 3040. The molecule has 0 saturated carbocycles. The van der Waals surface area contributed by atoms with Crippen LogP contribution in [-0.4, -0.2) is 15.9 Å². The smallest absolute Gasteiger partial charge is 0.333 e. The minimum atomic E-state index is 0.0622. The highest BCUT2D eigenvalue weighted by Crippen LogP contribution is 2.49. The van der Waals surface area contributed by atoms with Crippen molar-refractivity contribution >= 4 is 93.7 Å². The normalized spacial score (nSPS) is 13.8. The molecule has 0 bridgehead atoms. The lowest BCUT2D eigenvalue weighted by Crippen LogP contribution is -2.55. The van der Waals surface area contributed by atoms with Gasteiger partial charge in [0, 0.05) is 48.9 Å². The first kappa shape index (κ1) is 24.7. The second kappa shape index (κ2) is 7.87. The average molecular weight is 597 g/mol. The molecule has 0 atom stereocenters. The quantitative estimate of drug-likeness (QED) is 0.122. The van der Waals surface area contributed by atoms with Crippen molar-refractivity contribution in [3.8, 4) is 16.8 Å². The van der Waals surface area contributed by atoms with E-state index in [1.54, 1.807) is 0 Å². The van der Waals surface area contributed by atoms with Crippen molar-refractivity contribution in [1.82, 2.24) is 9.05 Å². The molecule has 0 fully saturated rings. The number of nitrogens with zero attached hydrogens (tertiary/aromatic N) is 2. The van der Waals surface area contributed by atoms with E-state index in [2.05, 4.69) is 151 Å². The maximum atomic E-state index is 2.68. The molecule has 218 valence electrons. The van der Waals surface area contributed by atoms with Gasteiger partial charge in [0.2, 0.25) is 0 Å². The van der Waals surface area contributed by atoms with Gasteiger partial charge in [0.25, 0.3) is 0 Å². The third-order valence-corrected chi connectivity index (χ3v) is 11.5. The molecule has 12 rings (SSSR count). The first-order chi connectivity index (χ1) is 23.0. The standard InChI is InChI=1S/C44H29BN2/c1-44(2,3)26-22-24-18-20-31-38-33(21-19-25(23-26)37(24)38)43-40-39(31)32-14-8-12-29-28-11-5-7-17-36(28)47(41(29)32)45(40)34-15-9-13-30-27-10-4-6-16-35(27)46(43)42(30)34/h4-23H,1-3H3. The molecule has 0 radical (unpaired) electrons. The Morgan fingerprint density at radius 2 is 1.17 bits per heavy atom. The van der Waals surface area contributed by atoms with Crippen LogP contribution in [0.1, 0.15) is 26.3 Å². The Balaban J connectivity index is 1.40. The molecule has 4 heterocycles. The molecule has 0 aliphatic carbocycles. The van der Waals surface area contributed by atoms with Crippen LogP contribution in [0.4, 0.5) is 0 Å². The summed E-state index contributed by atoms with van der Waals surface area (Å²) in [6.45, 7) is 7.02. The highest BCUT2D eigenvalue weighted by molar-refractivity contribution is 6.90. The van der Waals surface area contributed by atoms with Gasteiger partial charge in [0.15, 0.2) is 0 Å². The van der Waals surface area contributed by atoms with Gasteiger partial charge in [0.05, 0.1) is 16.7 Å².